The number of carbonyl (C=O) groups is 1. The molecule has 2 rings (SSSR count). The number of hydrogen-bond donors (Lipinski definition) is 1. The fourth-order valence-corrected chi connectivity index (χ4v) is 2.70. The van der Waals surface area contributed by atoms with Gasteiger partial charge in [0.05, 0.1) is 5.41 Å². The second-order valence-corrected chi connectivity index (χ2v) is 5.29. The molecule has 88 valence electrons. The molecule has 0 bridgehead atoms. The van der Waals surface area contributed by atoms with Crippen molar-refractivity contribution < 1.29 is 9.90 Å². The van der Waals surface area contributed by atoms with Gasteiger partial charge in [-0.2, -0.15) is 0 Å². The van der Waals surface area contributed by atoms with Crippen LogP contribution in [0.3, 0.4) is 0 Å². The normalized spacial score (nSPS) is 30.6. The van der Waals surface area contributed by atoms with Crippen molar-refractivity contribution in [2.75, 3.05) is 0 Å². The van der Waals surface area contributed by atoms with Crippen molar-refractivity contribution in [3.8, 4) is 0 Å². The van der Waals surface area contributed by atoms with E-state index in [9.17, 15) is 9.90 Å². The molecule has 0 saturated heterocycles. The van der Waals surface area contributed by atoms with E-state index in [-0.39, 0.29) is 0 Å². The van der Waals surface area contributed by atoms with Crippen LogP contribution in [0.4, 0.5) is 0 Å². The quantitative estimate of drug-likeness (QED) is 0.770. The van der Waals surface area contributed by atoms with E-state index < -0.39 is 11.4 Å². The van der Waals surface area contributed by atoms with Crippen LogP contribution in [0.1, 0.15) is 51.9 Å². The first-order valence-corrected chi connectivity index (χ1v) is 6.24. The van der Waals surface area contributed by atoms with Crippen LogP contribution in [0.15, 0.2) is 23.3 Å². The fraction of sp³-hybridized carbons (Fsp3) is 0.643. The molecule has 1 N–H and O–H groups in total. The number of carboxylic acids is 1. The van der Waals surface area contributed by atoms with E-state index in [1.165, 1.54) is 24.0 Å². The minimum atomic E-state index is -0.644. The zero-order valence-corrected chi connectivity index (χ0v) is 9.96. The predicted octanol–water partition coefficient (Wildman–Crippen LogP) is 3.69. The number of allylic oxidation sites excluding steroid dienone is 4. The summed E-state index contributed by atoms with van der Waals surface area (Å²) in [6.07, 6.45) is 11.8. The third-order valence-corrected chi connectivity index (χ3v) is 3.89. The standard InChI is InChI=1S/C14H20O2/c1-14(13(15)16)9-5-8-12(10-14)11-6-3-2-4-7-11/h6,8H,2-5,7,9-10H2,1H3,(H,15,16). The van der Waals surface area contributed by atoms with Crippen LogP contribution >= 0.6 is 0 Å². The third kappa shape index (κ3) is 2.21. The largest absolute Gasteiger partial charge is 0.481 e. The highest BCUT2D eigenvalue weighted by molar-refractivity contribution is 5.75. The molecular weight excluding hydrogens is 200 g/mol. The van der Waals surface area contributed by atoms with Crippen molar-refractivity contribution in [1.29, 1.82) is 0 Å². The maximum atomic E-state index is 11.3. The highest BCUT2D eigenvalue weighted by Crippen LogP contribution is 2.40. The zero-order chi connectivity index (χ0) is 11.6. The Kier molecular flexibility index (Phi) is 3.17. The molecule has 0 aromatic heterocycles. The summed E-state index contributed by atoms with van der Waals surface area (Å²) in [6, 6.07) is 0. The van der Waals surface area contributed by atoms with Crippen molar-refractivity contribution in [3.05, 3.63) is 23.3 Å². The molecule has 2 aliphatic rings. The summed E-state index contributed by atoms with van der Waals surface area (Å²) in [4.78, 5) is 11.3. The first-order chi connectivity index (χ1) is 7.62. The van der Waals surface area contributed by atoms with Crippen molar-refractivity contribution in [2.24, 2.45) is 5.41 Å². The summed E-state index contributed by atoms with van der Waals surface area (Å²) in [7, 11) is 0. The van der Waals surface area contributed by atoms with E-state index in [2.05, 4.69) is 12.2 Å². The average molecular weight is 220 g/mol. The van der Waals surface area contributed by atoms with Crippen LogP contribution in [-0.2, 0) is 4.79 Å². The van der Waals surface area contributed by atoms with Crippen molar-refractivity contribution in [1.82, 2.24) is 0 Å². The first-order valence-electron chi connectivity index (χ1n) is 6.24. The molecule has 2 heteroatoms. The van der Waals surface area contributed by atoms with Gasteiger partial charge in [-0.15, -0.1) is 0 Å². The molecule has 0 saturated carbocycles. The van der Waals surface area contributed by atoms with Crippen LogP contribution in [-0.4, -0.2) is 11.1 Å². The topological polar surface area (TPSA) is 37.3 Å². The van der Waals surface area contributed by atoms with E-state index in [4.69, 9.17) is 0 Å². The Balaban J connectivity index is 2.15. The molecule has 2 aliphatic carbocycles. The van der Waals surface area contributed by atoms with Crippen LogP contribution in [0.25, 0.3) is 0 Å². The highest BCUT2D eigenvalue weighted by atomic mass is 16.4. The lowest BCUT2D eigenvalue weighted by molar-refractivity contribution is -0.148. The summed E-state index contributed by atoms with van der Waals surface area (Å²) in [5.74, 6) is -0.644. The Hall–Kier alpha value is -1.05. The van der Waals surface area contributed by atoms with Gasteiger partial charge in [-0.25, -0.2) is 0 Å². The molecule has 0 aromatic carbocycles. The third-order valence-electron chi connectivity index (χ3n) is 3.89. The van der Waals surface area contributed by atoms with E-state index in [0.717, 1.165) is 25.7 Å². The summed E-state index contributed by atoms with van der Waals surface area (Å²) in [6.45, 7) is 1.88. The molecule has 0 aromatic rings. The minimum Gasteiger partial charge on any atom is -0.481 e. The van der Waals surface area contributed by atoms with Crippen LogP contribution in [0.2, 0.25) is 0 Å². The minimum absolute atomic E-state index is 0.539. The molecule has 2 nitrogen and oxygen atoms in total. The number of carboxylic acid groups (broad SMARTS) is 1. The lowest BCUT2D eigenvalue weighted by atomic mass is 9.73. The SMILES string of the molecule is CC1(C(=O)O)CCC=C(C2=CCCCC2)C1. The number of aliphatic carboxylic acids is 1. The molecule has 0 amide bonds. The van der Waals surface area contributed by atoms with Gasteiger partial charge in [0.15, 0.2) is 0 Å². The van der Waals surface area contributed by atoms with Gasteiger partial charge in [-0.05, 0) is 63.0 Å². The smallest absolute Gasteiger partial charge is 0.309 e. The molecule has 0 aliphatic heterocycles. The van der Waals surface area contributed by atoms with Gasteiger partial charge in [0.1, 0.15) is 0 Å². The van der Waals surface area contributed by atoms with Gasteiger partial charge >= 0.3 is 5.97 Å². The maximum absolute atomic E-state index is 11.3. The summed E-state index contributed by atoms with van der Waals surface area (Å²) in [5, 5.41) is 9.27. The molecule has 16 heavy (non-hydrogen) atoms. The molecule has 0 heterocycles. The summed E-state index contributed by atoms with van der Waals surface area (Å²) < 4.78 is 0. The fourth-order valence-electron chi connectivity index (χ4n) is 2.70. The van der Waals surface area contributed by atoms with E-state index >= 15 is 0 Å². The van der Waals surface area contributed by atoms with Crippen molar-refractivity contribution in [3.63, 3.8) is 0 Å². The lowest BCUT2D eigenvalue weighted by Gasteiger charge is -2.31. The number of rotatable bonds is 2. The van der Waals surface area contributed by atoms with Gasteiger partial charge in [-0.1, -0.05) is 12.2 Å². The van der Waals surface area contributed by atoms with Crippen LogP contribution < -0.4 is 0 Å². The summed E-state index contributed by atoms with van der Waals surface area (Å²) >= 11 is 0. The second-order valence-electron chi connectivity index (χ2n) is 5.29. The van der Waals surface area contributed by atoms with Gasteiger partial charge in [0.25, 0.3) is 0 Å². The molecule has 1 unspecified atom stereocenters. The van der Waals surface area contributed by atoms with E-state index in [0.29, 0.717) is 6.42 Å². The Morgan fingerprint density at radius 2 is 2.00 bits per heavy atom. The van der Waals surface area contributed by atoms with Gasteiger partial charge in [0.2, 0.25) is 0 Å². The maximum Gasteiger partial charge on any atom is 0.309 e. The zero-order valence-electron chi connectivity index (χ0n) is 9.96. The predicted molar refractivity (Wildman–Crippen MR) is 64.2 cm³/mol. The van der Waals surface area contributed by atoms with Crippen LogP contribution in [0, 0.1) is 5.41 Å². The monoisotopic (exact) mass is 220 g/mol. The summed E-state index contributed by atoms with van der Waals surface area (Å²) in [5.41, 5.74) is 2.18. The molecule has 0 fully saturated rings. The molecular formula is C14H20O2. The Labute approximate surface area is 97.0 Å². The second kappa shape index (κ2) is 4.44. The van der Waals surface area contributed by atoms with Crippen LogP contribution in [0.5, 0.6) is 0 Å². The Bertz CT molecular complexity index is 352. The highest BCUT2D eigenvalue weighted by Gasteiger charge is 2.36. The molecule has 0 spiro atoms. The van der Waals surface area contributed by atoms with Gasteiger partial charge in [0, 0.05) is 0 Å². The number of hydrogen-bond acceptors (Lipinski definition) is 1. The van der Waals surface area contributed by atoms with Crippen molar-refractivity contribution >= 4 is 5.97 Å². The Morgan fingerprint density at radius 3 is 2.62 bits per heavy atom. The molecule has 1 atom stereocenters. The van der Waals surface area contributed by atoms with E-state index in [1.807, 2.05) is 6.92 Å². The molecule has 0 radical (unpaired) electrons. The van der Waals surface area contributed by atoms with Crippen molar-refractivity contribution in [2.45, 2.75) is 51.9 Å². The van der Waals surface area contributed by atoms with E-state index in [1.54, 1.807) is 0 Å². The average Bonchev–Trinajstić information content (AvgIpc) is 2.30. The lowest BCUT2D eigenvalue weighted by Crippen LogP contribution is -2.30. The Morgan fingerprint density at radius 1 is 1.25 bits per heavy atom. The first kappa shape index (κ1) is 11.4. The van der Waals surface area contributed by atoms with Gasteiger partial charge in [-0.3, -0.25) is 4.79 Å². The van der Waals surface area contributed by atoms with Gasteiger partial charge < -0.3 is 5.11 Å².